The second-order valence-electron chi connectivity index (χ2n) is 7.20. The summed E-state index contributed by atoms with van der Waals surface area (Å²) < 4.78 is 0. The number of nitrogens with one attached hydrogen (secondary N) is 1. The maximum Gasteiger partial charge on any atom is 0.0387 e. The quantitative estimate of drug-likeness (QED) is 0.670. The fourth-order valence-electron chi connectivity index (χ4n) is 4.32. The van der Waals surface area contributed by atoms with E-state index < -0.39 is 0 Å². The first kappa shape index (κ1) is 17.2. The molecule has 1 aliphatic carbocycles. The molecule has 24 heavy (non-hydrogen) atoms. The summed E-state index contributed by atoms with van der Waals surface area (Å²) in [5.74, 6) is 1.46. The van der Waals surface area contributed by atoms with E-state index in [1.807, 2.05) is 6.07 Å². The van der Waals surface area contributed by atoms with Gasteiger partial charge in [0.25, 0.3) is 0 Å². The molecule has 1 radical (unpaired) electrons. The maximum absolute atomic E-state index is 3.58. The van der Waals surface area contributed by atoms with E-state index in [2.05, 4.69) is 67.0 Å². The van der Waals surface area contributed by atoms with Crippen LogP contribution in [0.3, 0.4) is 0 Å². The van der Waals surface area contributed by atoms with Gasteiger partial charge >= 0.3 is 0 Å². The zero-order valence-electron chi connectivity index (χ0n) is 14.9. The molecule has 1 nitrogen and oxygen atoms in total. The van der Waals surface area contributed by atoms with Crippen molar-refractivity contribution >= 4 is 0 Å². The van der Waals surface area contributed by atoms with E-state index in [4.69, 9.17) is 0 Å². The minimum Gasteiger partial charge on any atom is -0.312 e. The van der Waals surface area contributed by atoms with Gasteiger partial charge in [0, 0.05) is 12.0 Å². The van der Waals surface area contributed by atoms with E-state index in [0.29, 0.717) is 12.0 Å². The molecule has 2 aromatic carbocycles. The number of hydrogen-bond donors (Lipinski definition) is 1. The summed E-state index contributed by atoms with van der Waals surface area (Å²) in [6.45, 7) is 0. The van der Waals surface area contributed by atoms with Crippen LogP contribution < -0.4 is 5.32 Å². The van der Waals surface area contributed by atoms with Gasteiger partial charge in [0.15, 0.2) is 0 Å². The Kier molecular flexibility index (Phi) is 6.48. The first-order valence-electron chi connectivity index (χ1n) is 9.56. The lowest BCUT2D eigenvalue weighted by molar-refractivity contribution is 0.310. The second-order valence-corrected chi connectivity index (χ2v) is 7.20. The van der Waals surface area contributed by atoms with Crippen LogP contribution in [0.15, 0.2) is 54.6 Å². The van der Waals surface area contributed by atoms with Gasteiger partial charge in [0.2, 0.25) is 0 Å². The van der Waals surface area contributed by atoms with E-state index in [9.17, 15) is 0 Å². The molecule has 0 amide bonds. The number of hydrogen-bond acceptors (Lipinski definition) is 1. The topological polar surface area (TPSA) is 12.0 Å². The summed E-state index contributed by atoms with van der Waals surface area (Å²) in [7, 11) is 2.09. The van der Waals surface area contributed by atoms with Crippen molar-refractivity contribution in [3.05, 3.63) is 71.8 Å². The van der Waals surface area contributed by atoms with Crippen molar-refractivity contribution in [1.29, 1.82) is 0 Å². The van der Waals surface area contributed by atoms with Gasteiger partial charge in [-0.05, 0) is 49.1 Å². The van der Waals surface area contributed by atoms with Gasteiger partial charge in [-0.25, -0.2) is 0 Å². The monoisotopic (exact) mass is 320 g/mol. The highest BCUT2D eigenvalue weighted by molar-refractivity contribution is 5.27. The first-order valence-corrected chi connectivity index (χ1v) is 9.56. The van der Waals surface area contributed by atoms with Crippen LogP contribution in [0.4, 0.5) is 0 Å². The van der Waals surface area contributed by atoms with Crippen LogP contribution in [0.1, 0.15) is 68.0 Å². The predicted molar refractivity (Wildman–Crippen MR) is 102 cm³/mol. The minimum atomic E-state index is 0.355. The Labute approximate surface area is 147 Å². The first-order chi connectivity index (χ1) is 11.9. The van der Waals surface area contributed by atoms with Crippen molar-refractivity contribution < 1.29 is 0 Å². The van der Waals surface area contributed by atoms with Gasteiger partial charge in [-0.1, -0.05) is 80.6 Å². The van der Waals surface area contributed by atoms with Crippen molar-refractivity contribution in [3.8, 4) is 0 Å². The Morgan fingerprint density at radius 3 is 2.42 bits per heavy atom. The maximum atomic E-state index is 3.58. The van der Waals surface area contributed by atoms with Crippen LogP contribution in [0.5, 0.6) is 0 Å². The third kappa shape index (κ3) is 4.48. The lowest BCUT2D eigenvalue weighted by atomic mass is 9.79. The smallest absolute Gasteiger partial charge is 0.0387 e. The summed E-state index contributed by atoms with van der Waals surface area (Å²) in [6, 6.07) is 23.1. The van der Waals surface area contributed by atoms with E-state index in [-0.39, 0.29) is 0 Å². The molecule has 1 aliphatic rings. The average molecular weight is 320 g/mol. The summed E-state index contributed by atoms with van der Waals surface area (Å²) in [4.78, 5) is 0. The van der Waals surface area contributed by atoms with Gasteiger partial charge in [-0.15, -0.1) is 0 Å². The highest BCUT2D eigenvalue weighted by Crippen LogP contribution is 2.37. The summed E-state index contributed by atoms with van der Waals surface area (Å²) in [6.07, 6.45) is 9.80. The molecule has 0 aliphatic heterocycles. The van der Waals surface area contributed by atoms with Gasteiger partial charge in [0.05, 0.1) is 0 Å². The number of benzene rings is 2. The van der Waals surface area contributed by atoms with Crippen molar-refractivity contribution in [2.75, 3.05) is 7.05 Å². The predicted octanol–water partition coefficient (Wildman–Crippen LogP) is 5.89. The molecule has 0 bridgehead atoms. The molecule has 1 fully saturated rings. The fraction of sp³-hybridized carbons (Fsp3) is 0.478. The molecule has 3 rings (SSSR count). The Morgan fingerprint density at radius 2 is 1.75 bits per heavy atom. The van der Waals surface area contributed by atoms with Crippen molar-refractivity contribution in [1.82, 2.24) is 5.32 Å². The normalized spacial score (nSPS) is 18.2. The molecular formula is C23H30N. The second kappa shape index (κ2) is 9.03. The Balaban J connectivity index is 1.78. The van der Waals surface area contributed by atoms with Gasteiger partial charge in [-0.2, -0.15) is 0 Å². The molecule has 1 heteroatoms. The third-order valence-electron chi connectivity index (χ3n) is 5.64. The lowest BCUT2D eigenvalue weighted by Crippen LogP contribution is -2.24. The Hall–Kier alpha value is -1.60. The number of rotatable bonds is 7. The van der Waals surface area contributed by atoms with Gasteiger partial charge < -0.3 is 5.32 Å². The Morgan fingerprint density at radius 1 is 1.00 bits per heavy atom. The molecule has 2 atom stereocenters. The summed E-state index contributed by atoms with van der Waals surface area (Å²) >= 11 is 0. The zero-order chi connectivity index (χ0) is 16.6. The van der Waals surface area contributed by atoms with Crippen molar-refractivity contribution in [3.63, 3.8) is 0 Å². The zero-order valence-corrected chi connectivity index (χ0v) is 14.9. The van der Waals surface area contributed by atoms with Crippen LogP contribution in [0.2, 0.25) is 0 Å². The summed E-state index contributed by atoms with van der Waals surface area (Å²) in [5.41, 5.74) is 2.80. The molecule has 0 saturated heterocycles. The van der Waals surface area contributed by atoms with E-state index in [1.165, 1.54) is 56.1 Å². The van der Waals surface area contributed by atoms with Crippen molar-refractivity contribution in [2.45, 2.75) is 56.9 Å². The average Bonchev–Trinajstić information content (AvgIpc) is 2.67. The van der Waals surface area contributed by atoms with Gasteiger partial charge in [-0.3, -0.25) is 0 Å². The standard InChI is InChI=1S/C23H30N/c1-24-23(21-15-9-4-10-16-21)22(20-13-7-3-8-14-20)18-17-19-11-5-2-6-12-19/h3-4,7-9,13-16,19,22-24H,2,5-6,11-12,17-18H2,1H3. The molecule has 1 N–H and O–H groups in total. The molecule has 127 valence electrons. The summed E-state index contributed by atoms with van der Waals surface area (Å²) in [5, 5.41) is 3.58. The Bertz CT molecular complexity index is 571. The highest BCUT2D eigenvalue weighted by atomic mass is 14.9. The van der Waals surface area contributed by atoms with Crippen LogP contribution in [0, 0.1) is 12.0 Å². The third-order valence-corrected chi connectivity index (χ3v) is 5.64. The van der Waals surface area contributed by atoms with E-state index in [0.717, 1.165) is 5.92 Å². The molecule has 0 heterocycles. The van der Waals surface area contributed by atoms with E-state index in [1.54, 1.807) is 0 Å². The van der Waals surface area contributed by atoms with Gasteiger partial charge in [0.1, 0.15) is 0 Å². The molecule has 0 spiro atoms. The highest BCUT2D eigenvalue weighted by Gasteiger charge is 2.25. The lowest BCUT2D eigenvalue weighted by Gasteiger charge is -2.30. The van der Waals surface area contributed by atoms with E-state index >= 15 is 0 Å². The SMILES string of the molecule is CNC(c1c[c]ccc1)C(CCC1CCCCC1)c1ccccc1. The number of likely N-dealkylation sites (N-methyl/N-ethyl adjacent to an activating group) is 1. The fourth-order valence-corrected chi connectivity index (χ4v) is 4.32. The minimum absolute atomic E-state index is 0.355. The molecule has 2 unspecified atom stereocenters. The van der Waals surface area contributed by atoms with Crippen LogP contribution in [-0.2, 0) is 0 Å². The molecule has 1 saturated carbocycles. The molecule has 2 aromatic rings. The largest absolute Gasteiger partial charge is 0.312 e. The van der Waals surface area contributed by atoms with Crippen LogP contribution >= 0.6 is 0 Å². The van der Waals surface area contributed by atoms with Crippen LogP contribution in [-0.4, -0.2) is 7.05 Å². The van der Waals surface area contributed by atoms with Crippen molar-refractivity contribution in [2.24, 2.45) is 5.92 Å². The van der Waals surface area contributed by atoms with Crippen LogP contribution in [0.25, 0.3) is 0 Å². The molecular weight excluding hydrogens is 290 g/mol. The molecule has 0 aromatic heterocycles.